The molecule has 6 nitrogen and oxygen atoms in total. The summed E-state index contributed by atoms with van der Waals surface area (Å²) in [5.74, 6) is -0.161. The Morgan fingerprint density at radius 2 is 2.16 bits per heavy atom. The molecule has 0 bridgehead atoms. The van der Waals surface area contributed by atoms with Crippen molar-refractivity contribution >= 4 is 15.8 Å². The molecule has 7 heteroatoms. The number of carbonyl (C=O) groups excluding carboxylic acids is 1. The average Bonchev–Trinajstić information content (AvgIpc) is 2.43. The lowest BCUT2D eigenvalue weighted by Crippen LogP contribution is -2.23. The van der Waals surface area contributed by atoms with Crippen molar-refractivity contribution in [3.8, 4) is 0 Å². The molecule has 0 radical (unpaired) electrons. The van der Waals surface area contributed by atoms with Gasteiger partial charge in [-0.2, -0.15) is 0 Å². The molecule has 0 aliphatic heterocycles. The molecule has 0 atom stereocenters. The first-order valence-electron chi connectivity index (χ1n) is 5.93. The molecule has 0 aliphatic rings. The fourth-order valence-electron chi connectivity index (χ4n) is 1.36. The van der Waals surface area contributed by atoms with Gasteiger partial charge in [0.15, 0.2) is 9.84 Å². The second kappa shape index (κ2) is 7.20. The van der Waals surface area contributed by atoms with Crippen LogP contribution in [0.2, 0.25) is 0 Å². The molecule has 1 heterocycles. The van der Waals surface area contributed by atoms with Crippen LogP contribution in [0, 0.1) is 0 Å². The Kier molecular flexibility index (Phi) is 5.91. The van der Waals surface area contributed by atoms with Gasteiger partial charge in [0, 0.05) is 25.0 Å². The molecule has 1 aromatic rings. The van der Waals surface area contributed by atoms with Gasteiger partial charge in [0.2, 0.25) is 0 Å². The van der Waals surface area contributed by atoms with E-state index in [1.807, 2.05) is 0 Å². The molecule has 19 heavy (non-hydrogen) atoms. The van der Waals surface area contributed by atoms with Gasteiger partial charge in [-0.05, 0) is 12.1 Å². The lowest BCUT2D eigenvalue weighted by Gasteiger charge is -2.05. The Hall–Kier alpha value is -1.47. The highest BCUT2D eigenvalue weighted by molar-refractivity contribution is 7.91. The minimum atomic E-state index is -2.94. The highest BCUT2D eigenvalue weighted by Crippen LogP contribution is 2.01. The van der Waals surface area contributed by atoms with Gasteiger partial charge in [0.1, 0.15) is 0 Å². The Balaban J connectivity index is 2.40. The van der Waals surface area contributed by atoms with Gasteiger partial charge in [-0.15, -0.1) is 0 Å². The summed E-state index contributed by atoms with van der Waals surface area (Å²) in [6.45, 7) is 2.47. The molecule has 0 fully saturated rings. The van der Waals surface area contributed by atoms with Crippen LogP contribution in [0.4, 0.5) is 0 Å². The van der Waals surface area contributed by atoms with E-state index in [9.17, 15) is 13.2 Å². The van der Waals surface area contributed by atoms with Crippen molar-refractivity contribution in [2.75, 3.05) is 25.2 Å². The van der Waals surface area contributed by atoms with Crippen LogP contribution in [0.3, 0.4) is 0 Å². The fraction of sp³-hybridized carbons (Fsp3) is 0.500. The average molecular weight is 286 g/mol. The first-order valence-corrected chi connectivity index (χ1v) is 7.75. The van der Waals surface area contributed by atoms with Crippen LogP contribution in [0.25, 0.3) is 0 Å². The normalized spacial score (nSPS) is 11.3. The quantitative estimate of drug-likeness (QED) is 0.576. The van der Waals surface area contributed by atoms with Crippen LogP contribution < -0.4 is 5.32 Å². The molecule has 0 aliphatic carbocycles. The van der Waals surface area contributed by atoms with Gasteiger partial charge in [0.05, 0.1) is 24.1 Å². The maximum Gasteiger partial charge on any atom is 0.339 e. The van der Waals surface area contributed by atoms with Gasteiger partial charge < -0.3 is 10.1 Å². The smallest absolute Gasteiger partial charge is 0.339 e. The van der Waals surface area contributed by atoms with Crippen molar-refractivity contribution in [1.82, 2.24) is 10.3 Å². The number of hydrogen-bond donors (Lipinski definition) is 1. The third kappa shape index (κ3) is 5.35. The maximum atomic E-state index is 11.3. The van der Waals surface area contributed by atoms with E-state index in [1.165, 1.54) is 13.3 Å². The summed E-state index contributed by atoms with van der Waals surface area (Å²) in [5.41, 5.74) is 1.13. The highest BCUT2D eigenvalue weighted by atomic mass is 32.2. The zero-order valence-corrected chi connectivity index (χ0v) is 11.9. The van der Waals surface area contributed by atoms with Crippen LogP contribution in [-0.4, -0.2) is 44.5 Å². The minimum Gasteiger partial charge on any atom is -0.465 e. The number of esters is 1. The van der Waals surface area contributed by atoms with Crippen molar-refractivity contribution in [2.45, 2.75) is 13.5 Å². The van der Waals surface area contributed by atoms with Crippen LogP contribution in [0.15, 0.2) is 18.3 Å². The molecule has 106 valence electrons. The van der Waals surface area contributed by atoms with Crippen LogP contribution in [0.1, 0.15) is 23.0 Å². The number of nitrogens with one attached hydrogen (secondary N) is 1. The molecule has 1 rings (SSSR count). The number of aromatic nitrogens is 1. The van der Waals surface area contributed by atoms with E-state index >= 15 is 0 Å². The Bertz CT molecular complexity index is 511. The Morgan fingerprint density at radius 1 is 1.42 bits per heavy atom. The van der Waals surface area contributed by atoms with Crippen molar-refractivity contribution in [3.05, 3.63) is 29.6 Å². The van der Waals surface area contributed by atoms with E-state index in [2.05, 4.69) is 15.0 Å². The number of hydrogen-bond acceptors (Lipinski definition) is 6. The number of pyridine rings is 1. The summed E-state index contributed by atoms with van der Waals surface area (Å²) >= 11 is 0. The van der Waals surface area contributed by atoms with E-state index in [4.69, 9.17) is 0 Å². The molecule has 0 saturated carbocycles. The summed E-state index contributed by atoms with van der Waals surface area (Å²) in [6.07, 6.45) is 1.44. The molecular weight excluding hydrogens is 268 g/mol. The molecule has 1 aromatic heterocycles. The number of methoxy groups -OCH3 is 1. The molecule has 0 aromatic carbocycles. The van der Waals surface area contributed by atoms with Crippen molar-refractivity contribution in [1.29, 1.82) is 0 Å². The van der Waals surface area contributed by atoms with E-state index < -0.39 is 15.8 Å². The first kappa shape index (κ1) is 15.6. The fourth-order valence-corrected chi connectivity index (χ4v) is 2.10. The molecule has 0 saturated heterocycles. The lowest BCUT2D eigenvalue weighted by atomic mass is 10.2. The summed E-state index contributed by atoms with van der Waals surface area (Å²) in [6, 6.07) is 3.33. The van der Waals surface area contributed by atoms with E-state index in [0.717, 1.165) is 5.69 Å². The monoisotopic (exact) mass is 286 g/mol. The summed E-state index contributed by atoms with van der Waals surface area (Å²) in [7, 11) is -1.63. The standard InChI is InChI=1S/C12H18N2O4S/c1-3-19(16,17)7-6-13-9-11-5-4-10(8-14-11)12(15)18-2/h4-5,8,13H,3,6-7,9H2,1-2H3. The summed E-state index contributed by atoms with van der Waals surface area (Å²) < 4.78 is 27.1. The van der Waals surface area contributed by atoms with Gasteiger partial charge in [-0.1, -0.05) is 6.92 Å². The largest absolute Gasteiger partial charge is 0.465 e. The first-order chi connectivity index (χ1) is 8.98. The van der Waals surface area contributed by atoms with Gasteiger partial charge in [0.25, 0.3) is 0 Å². The minimum absolute atomic E-state index is 0.115. The second-order valence-corrected chi connectivity index (χ2v) is 6.42. The number of rotatable bonds is 7. The van der Waals surface area contributed by atoms with Crippen molar-refractivity contribution < 1.29 is 17.9 Å². The summed E-state index contributed by atoms with van der Waals surface area (Å²) in [4.78, 5) is 15.3. The predicted molar refractivity (Wildman–Crippen MR) is 71.6 cm³/mol. The van der Waals surface area contributed by atoms with Gasteiger partial charge in [-0.3, -0.25) is 4.98 Å². The predicted octanol–water partition coefficient (Wildman–Crippen LogP) is 0.392. The second-order valence-electron chi connectivity index (χ2n) is 3.94. The van der Waals surface area contributed by atoms with Crippen molar-refractivity contribution in [3.63, 3.8) is 0 Å². The SMILES string of the molecule is CCS(=O)(=O)CCNCc1ccc(C(=O)OC)cn1. The van der Waals surface area contributed by atoms with E-state index in [0.29, 0.717) is 18.7 Å². The van der Waals surface area contributed by atoms with Crippen LogP contribution in [0.5, 0.6) is 0 Å². The van der Waals surface area contributed by atoms with Crippen molar-refractivity contribution in [2.24, 2.45) is 0 Å². The number of sulfone groups is 1. The molecular formula is C12H18N2O4S. The van der Waals surface area contributed by atoms with Crippen LogP contribution >= 0.6 is 0 Å². The topological polar surface area (TPSA) is 85.4 Å². The number of nitrogens with zero attached hydrogens (tertiary/aromatic N) is 1. The maximum absolute atomic E-state index is 11.3. The number of ether oxygens (including phenoxy) is 1. The third-order valence-electron chi connectivity index (χ3n) is 2.58. The van der Waals surface area contributed by atoms with E-state index in [1.54, 1.807) is 19.1 Å². The zero-order chi connectivity index (χ0) is 14.3. The van der Waals surface area contributed by atoms with Gasteiger partial charge in [-0.25, -0.2) is 13.2 Å². The molecule has 1 N–H and O–H groups in total. The molecule has 0 amide bonds. The Labute approximate surface area is 113 Å². The van der Waals surface area contributed by atoms with E-state index in [-0.39, 0.29) is 11.5 Å². The third-order valence-corrected chi connectivity index (χ3v) is 4.29. The number of carbonyl (C=O) groups is 1. The molecule has 0 spiro atoms. The highest BCUT2D eigenvalue weighted by Gasteiger charge is 2.07. The van der Waals surface area contributed by atoms with Crippen LogP contribution in [-0.2, 0) is 21.1 Å². The summed E-state index contributed by atoms with van der Waals surface area (Å²) in [5, 5.41) is 3.00. The zero-order valence-electron chi connectivity index (χ0n) is 11.0. The molecule has 0 unspecified atom stereocenters. The van der Waals surface area contributed by atoms with Gasteiger partial charge >= 0.3 is 5.97 Å². The Morgan fingerprint density at radius 3 is 2.68 bits per heavy atom. The lowest BCUT2D eigenvalue weighted by molar-refractivity contribution is 0.0600.